The van der Waals surface area contributed by atoms with Crippen molar-refractivity contribution >= 4 is 21.1 Å². The van der Waals surface area contributed by atoms with E-state index in [1.165, 1.54) is 14.2 Å². The number of thiophene rings is 1. The van der Waals surface area contributed by atoms with Gasteiger partial charge in [-0.2, -0.15) is 0 Å². The summed E-state index contributed by atoms with van der Waals surface area (Å²) in [5.41, 5.74) is 8.03. The zero-order valence-electron chi connectivity index (χ0n) is 10.1. The molecular formula is C12H18I2N2S-2. The van der Waals surface area contributed by atoms with Crippen LogP contribution in [0, 0.1) is 12.3 Å². The molecule has 17 heavy (non-hydrogen) atoms. The van der Waals surface area contributed by atoms with Crippen LogP contribution in [0.15, 0.2) is 17.1 Å². The molecular weight excluding hydrogens is 458 g/mol. The summed E-state index contributed by atoms with van der Waals surface area (Å²) < 4.78 is 4.92. The van der Waals surface area contributed by atoms with Gasteiger partial charge in [-0.3, -0.25) is 0 Å². The van der Waals surface area contributed by atoms with Crippen LogP contribution in [0.2, 0.25) is 0 Å². The molecule has 3 N–H and O–H groups in total. The Hall–Kier alpha value is 0.370. The monoisotopic (exact) mass is 476 g/mol. The van der Waals surface area contributed by atoms with Crippen LogP contribution in [0.4, 0.5) is 0 Å². The summed E-state index contributed by atoms with van der Waals surface area (Å²) in [4.78, 5) is 1.30. The average molecular weight is 476 g/mol. The average Bonchev–Trinajstić information content (AvgIpc) is 2.63. The third-order valence-corrected chi connectivity index (χ3v) is 32.8. The van der Waals surface area contributed by atoms with Crippen molar-refractivity contribution in [3.05, 3.63) is 27.6 Å². The minimum atomic E-state index is -1.84. The minimum absolute atomic E-state index is 0.438. The van der Waals surface area contributed by atoms with Crippen LogP contribution in [0.25, 0.3) is 6.08 Å². The van der Waals surface area contributed by atoms with Crippen molar-refractivity contribution in [2.45, 2.75) is 13.8 Å². The van der Waals surface area contributed by atoms with E-state index in [2.05, 4.69) is 25.3 Å². The van der Waals surface area contributed by atoms with Gasteiger partial charge in [-0.05, 0) is 0 Å². The fourth-order valence-corrected chi connectivity index (χ4v) is 26.0. The molecule has 0 radical (unpaired) electrons. The van der Waals surface area contributed by atoms with Crippen molar-refractivity contribution in [3.63, 3.8) is 0 Å². The maximum atomic E-state index is 8.36. The Morgan fingerprint density at radius 1 is 1.65 bits per heavy atom. The Labute approximate surface area is 121 Å². The van der Waals surface area contributed by atoms with Gasteiger partial charge in [0.25, 0.3) is 0 Å². The molecule has 0 saturated carbocycles. The number of nitrogens with two attached hydrogens (primary N) is 1. The van der Waals surface area contributed by atoms with Crippen molar-refractivity contribution in [1.29, 1.82) is 5.41 Å². The molecule has 0 aromatic carbocycles. The fraction of sp³-hybridized carbons (Fsp3) is 0.417. The number of alkyl halides is 5. The quantitative estimate of drug-likeness (QED) is 0.265. The van der Waals surface area contributed by atoms with Crippen LogP contribution in [0.5, 0.6) is 0 Å². The third-order valence-electron chi connectivity index (χ3n) is 2.77. The van der Waals surface area contributed by atoms with Crippen LogP contribution in [-0.2, 0) is 0 Å². The van der Waals surface area contributed by atoms with Crippen LogP contribution in [0.3, 0.4) is 0 Å². The van der Waals surface area contributed by atoms with Gasteiger partial charge in [0.1, 0.15) is 0 Å². The predicted molar refractivity (Wildman–Crippen MR) is 69.2 cm³/mol. The van der Waals surface area contributed by atoms with E-state index in [1.54, 1.807) is 11.3 Å². The van der Waals surface area contributed by atoms with Gasteiger partial charge in [0.15, 0.2) is 0 Å². The van der Waals surface area contributed by atoms with E-state index in [0.717, 1.165) is 15.0 Å². The molecule has 0 bridgehead atoms. The summed E-state index contributed by atoms with van der Waals surface area (Å²) in [5.74, 6) is 0. The van der Waals surface area contributed by atoms with Gasteiger partial charge >= 0.3 is 123 Å². The summed E-state index contributed by atoms with van der Waals surface area (Å²) in [5, 5.41) is 10.5. The number of hydrogen-bond acceptors (Lipinski definition) is 3. The molecule has 0 atom stereocenters. The Kier molecular flexibility index (Phi) is 4.51. The molecule has 1 aromatic rings. The second-order valence-electron chi connectivity index (χ2n) is 4.03. The first-order valence-electron chi connectivity index (χ1n) is 5.40. The number of halogens is 2. The molecule has 1 aromatic heterocycles. The molecule has 98 valence electrons. The summed E-state index contributed by atoms with van der Waals surface area (Å²) >= 11 is 0.343. The van der Waals surface area contributed by atoms with Crippen LogP contribution in [-0.4, -0.2) is 13.0 Å². The third kappa shape index (κ3) is 2.86. The van der Waals surface area contributed by atoms with Crippen molar-refractivity contribution in [2.24, 2.45) is 5.73 Å². The van der Waals surface area contributed by atoms with Gasteiger partial charge in [-0.1, -0.05) is 0 Å². The number of hydrogen-bond donors (Lipinski definition) is 2. The van der Waals surface area contributed by atoms with E-state index in [4.69, 9.17) is 11.1 Å². The van der Waals surface area contributed by atoms with Gasteiger partial charge in [-0.25, -0.2) is 0 Å². The number of nitrogens with one attached hydrogen (secondary N) is 1. The van der Waals surface area contributed by atoms with Crippen molar-refractivity contribution in [1.82, 2.24) is 0 Å². The van der Waals surface area contributed by atoms with Gasteiger partial charge in [0.2, 0.25) is 0 Å². The zero-order chi connectivity index (χ0) is 12.5. The Morgan fingerprint density at radius 2 is 2.35 bits per heavy atom. The number of aryl methyl sites for hydroxylation is 1. The van der Waals surface area contributed by atoms with E-state index in [1.807, 2.05) is 6.08 Å². The molecule has 0 amide bonds. The van der Waals surface area contributed by atoms with Crippen molar-refractivity contribution < 1.29 is 39.6 Å². The topological polar surface area (TPSA) is 49.9 Å². The van der Waals surface area contributed by atoms with Crippen molar-refractivity contribution in [3.8, 4) is 0 Å². The molecule has 2 nitrogen and oxygen atoms in total. The fourth-order valence-electron chi connectivity index (χ4n) is 1.64. The molecule has 1 aliphatic heterocycles. The number of allylic oxidation sites excluding steroid dienone is 1. The molecule has 5 heteroatoms. The molecule has 0 spiro atoms. The van der Waals surface area contributed by atoms with Gasteiger partial charge < -0.3 is 0 Å². The second kappa shape index (κ2) is 5.56. The van der Waals surface area contributed by atoms with E-state index in [0.29, 0.717) is 21.2 Å². The normalized spacial score (nSPS) is 21.2. The summed E-state index contributed by atoms with van der Waals surface area (Å²) in [6.07, 6.45) is 2.00. The van der Waals surface area contributed by atoms with Crippen LogP contribution < -0.4 is 45.4 Å². The molecule has 2 rings (SSSR count). The first-order valence-corrected chi connectivity index (χ1v) is 15.0. The molecule has 0 aliphatic carbocycles. The van der Waals surface area contributed by atoms with Crippen molar-refractivity contribution in [2.75, 3.05) is 9.30 Å². The van der Waals surface area contributed by atoms with Crippen LogP contribution >= 0.6 is 11.3 Å². The molecule has 1 saturated heterocycles. The summed E-state index contributed by atoms with van der Waals surface area (Å²) in [7, 11) is 0. The Bertz CT molecular complexity index is 455. The van der Waals surface area contributed by atoms with Gasteiger partial charge in [0.05, 0.1) is 0 Å². The second-order valence-corrected chi connectivity index (χ2v) is 23.2. The molecule has 1 aliphatic rings. The SMILES string of the molecule is CC[I-]1(C(=N)/C(N)=C/c2csc(C)c2)C[I-]C1. The first-order chi connectivity index (χ1) is 8.07. The van der Waals surface area contributed by atoms with E-state index < -0.39 is 18.4 Å². The summed E-state index contributed by atoms with van der Waals surface area (Å²) in [6.45, 7) is 4.36. The maximum absolute atomic E-state index is 8.36. The zero-order valence-corrected chi connectivity index (χ0v) is 15.2. The first kappa shape index (κ1) is 13.8. The molecule has 1 fully saturated rings. The van der Waals surface area contributed by atoms with Gasteiger partial charge in [-0.15, -0.1) is 0 Å². The summed E-state index contributed by atoms with van der Waals surface area (Å²) in [6, 6.07) is 2.14. The van der Waals surface area contributed by atoms with E-state index in [9.17, 15) is 0 Å². The Morgan fingerprint density at radius 3 is 2.76 bits per heavy atom. The van der Waals surface area contributed by atoms with Gasteiger partial charge in [0, 0.05) is 0 Å². The van der Waals surface area contributed by atoms with E-state index >= 15 is 0 Å². The Balaban J connectivity index is 2.17. The molecule has 2 heterocycles. The predicted octanol–water partition coefficient (Wildman–Crippen LogP) is -3.47. The van der Waals surface area contributed by atoms with E-state index in [-0.39, 0.29) is 0 Å². The number of rotatable bonds is 4. The van der Waals surface area contributed by atoms with Crippen LogP contribution in [0.1, 0.15) is 17.4 Å². The standard InChI is InChI=1S/C12H18I2N2S/c1-3-14(7-13-8-14)12(16)11(15)5-10-4-9(2)17-6-10/h4-6,16H,3,7-8,15H2,1-2H3/q-2/b11-5-,16-12?. The molecule has 0 unspecified atom stereocenters.